The first kappa shape index (κ1) is 10.4. The average Bonchev–Trinajstić information content (AvgIpc) is 2.30. The smallest absolute Gasteiger partial charge is 0.423 e. The van der Waals surface area contributed by atoms with Gasteiger partial charge in [-0.3, -0.25) is 4.98 Å². The fourth-order valence-corrected chi connectivity index (χ4v) is 1.82. The van der Waals surface area contributed by atoms with Gasteiger partial charge in [0, 0.05) is 11.7 Å². The molecule has 15 heavy (non-hydrogen) atoms. The van der Waals surface area contributed by atoms with Crippen molar-refractivity contribution >= 4 is 18.2 Å². The molecule has 1 heterocycles. The Kier molecular flexibility index (Phi) is 3.19. The van der Waals surface area contributed by atoms with Crippen LogP contribution in [-0.2, 0) is 0 Å². The molecule has 4 heteroatoms. The molecule has 0 unspecified atom stereocenters. The normalized spacial score (nSPS) is 16.0. The predicted molar refractivity (Wildman–Crippen MR) is 60.5 cm³/mol. The molecule has 0 atom stereocenters. The molecule has 0 saturated carbocycles. The Morgan fingerprint density at radius 2 is 2.07 bits per heavy atom. The number of hydrogen-bond donors (Lipinski definition) is 2. The SMILES string of the molecule is OB(O)c1ccc(C2=CCCCC2)nc1. The second-order valence-corrected chi connectivity index (χ2v) is 3.83. The third-order valence-electron chi connectivity index (χ3n) is 2.70. The van der Waals surface area contributed by atoms with Gasteiger partial charge in [0.1, 0.15) is 0 Å². The summed E-state index contributed by atoms with van der Waals surface area (Å²) in [6, 6.07) is 3.56. The van der Waals surface area contributed by atoms with Crippen molar-refractivity contribution in [3.05, 3.63) is 30.1 Å². The Morgan fingerprint density at radius 3 is 2.60 bits per heavy atom. The Labute approximate surface area is 89.6 Å². The highest BCUT2D eigenvalue weighted by Gasteiger charge is 2.12. The zero-order valence-corrected chi connectivity index (χ0v) is 8.56. The van der Waals surface area contributed by atoms with E-state index in [9.17, 15) is 0 Å². The maximum atomic E-state index is 8.93. The fraction of sp³-hybridized carbons (Fsp3) is 0.364. The lowest BCUT2D eigenvalue weighted by atomic mass is 9.81. The van der Waals surface area contributed by atoms with Gasteiger partial charge in [0.2, 0.25) is 0 Å². The van der Waals surface area contributed by atoms with Crippen molar-refractivity contribution in [2.75, 3.05) is 0 Å². The van der Waals surface area contributed by atoms with E-state index >= 15 is 0 Å². The molecule has 1 aliphatic rings. The molecule has 1 aromatic heterocycles. The Morgan fingerprint density at radius 1 is 1.20 bits per heavy atom. The summed E-state index contributed by atoms with van der Waals surface area (Å²) >= 11 is 0. The van der Waals surface area contributed by atoms with E-state index in [-0.39, 0.29) is 0 Å². The van der Waals surface area contributed by atoms with Crippen molar-refractivity contribution in [2.45, 2.75) is 25.7 Å². The molecule has 2 rings (SSSR count). The molecule has 78 valence electrons. The van der Waals surface area contributed by atoms with Crippen molar-refractivity contribution in [3.8, 4) is 0 Å². The number of nitrogens with zero attached hydrogens (tertiary/aromatic N) is 1. The van der Waals surface area contributed by atoms with Gasteiger partial charge in [0.25, 0.3) is 0 Å². The largest absolute Gasteiger partial charge is 0.490 e. The number of hydrogen-bond acceptors (Lipinski definition) is 3. The third-order valence-corrected chi connectivity index (χ3v) is 2.70. The minimum atomic E-state index is -1.42. The van der Waals surface area contributed by atoms with Gasteiger partial charge >= 0.3 is 7.12 Å². The van der Waals surface area contributed by atoms with Crippen LogP contribution in [0.15, 0.2) is 24.4 Å². The third kappa shape index (κ3) is 2.46. The molecular weight excluding hydrogens is 189 g/mol. The average molecular weight is 203 g/mol. The van der Waals surface area contributed by atoms with Gasteiger partial charge in [-0.25, -0.2) is 0 Å². The highest BCUT2D eigenvalue weighted by atomic mass is 16.4. The predicted octanol–water partition coefficient (Wildman–Crippen LogP) is 0.719. The van der Waals surface area contributed by atoms with Gasteiger partial charge in [-0.15, -0.1) is 0 Å². The van der Waals surface area contributed by atoms with Crippen molar-refractivity contribution in [2.24, 2.45) is 0 Å². The van der Waals surface area contributed by atoms with Crippen LogP contribution in [0.2, 0.25) is 0 Å². The van der Waals surface area contributed by atoms with Crippen LogP contribution in [-0.4, -0.2) is 22.2 Å². The van der Waals surface area contributed by atoms with Gasteiger partial charge in [-0.1, -0.05) is 12.1 Å². The van der Waals surface area contributed by atoms with E-state index in [1.165, 1.54) is 24.6 Å². The molecule has 1 aliphatic carbocycles. The van der Waals surface area contributed by atoms with Gasteiger partial charge in [0.05, 0.1) is 5.69 Å². The van der Waals surface area contributed by atoms with Crippen LogP contribution in [0.5, 0.6) is 0 Å². The van der Waals surface area contributed by atoms with Crippen LogP contribution in [0, 0.1) is 0 Å². The lowest BCUT2D eigenvalue weighted by Gasteiger charge is -2.12. The first-order valence-electron chi connectivity index (χ1n) is 5.29. The van der Waals surface area contributed by atoms with Crippen LogP contribution in [0.25, 0.3) is 5.57 Å². The summed E-state index contributed by atoms with van der Waals surface area (Å²) in [5, 5.41) is 17.9. The maximum Gasteiger partial charge on any atom is 0.490 e. The second-order valence-electron chi connectivity index (χ2n) is 3.83. The fourth-order valence-electron chi connectivity index (χ4n) is 1.82. The molecule has 0 aliphatic heterocycles. The first-order chi connectivity index (χ1) is 7.27. The van der Waals surface area contributed by atoms with Gasteiger partial charge < -0.3 is 10.0 Å². The minimum absolute atomic E-state index is 0.440. The summed E-state index contributed by atoms with van der Waals surface area (Å²) in [7, 11) is -1.42. The maximum absolute atomic E-state index is 8.93. The lowest BCUT2D eigenvalue weighted by molar-refractivity contribution is 0.425. The van der Waals surface area contributed by atoms with Crippen molar-refractivity contribution in [3.63, 3.8) is 0 Å². The Bertz CT molecular complexity index is 359. The Hall–Kier alpha value is -1.13. The Balaban J connectivity index is 2.19. The van der Waals surface area contributed by atoms with Gasteiger partial charge in [-0.2, -0.15) is 0 Å². The monoisotopic (exact) mass is 203 g/mol. The molecule has 0 spiro atoms. The highest BCUT2D eigenvalue weighted by molar-refractivity contribution is 6.58. The summed E-state index contributed by atoms with van der Waals surface area (Å²) in [5.41, 5.74) is 2.68. The van der Waals surface area contributed by atoms with E-state index in [4.69, 9.17) is 10.0 Å². The van der Waals surface area contributed by atoms with Crippen molar-refractivity contribution in [1.82, 2.24) is 4.98 Å². The first-order valence-corrected chi connectivity index (χ1v) is 5.29. The number of allylic oxidation sites excluding steroid dienone is 2. The number of aromatic nitrogens is 1. The van der Waals surface area contributed by atoms with E-state index in [0.717, 1.165) is 18.5 Å². The lowest BCUT2D eigenvalue weighted by Crippen LogP contribution is -2.30. The molecule has 0 radical (unpaired) electrons. The number of pyridine rings is 1. The van der Waals surface area contributed by atoms with Gasteiger partial charge in [0.15, 0.2) is 0 Å². The molecule has 0 amide bonds. The number of rotatable bonds is 2. The standard InChI is InChI=1S/C11H14BNO2/c14-12(15)10-6-7-11(13-8-10)9-4-2-1-3-5-9/h4,6-8,14-15H,1-3,5H2. The van der Waals surface area contributed by atoms with Crippen LogP contribution >= 0.6 is 0 Å². The molecule has 0 bridgehead atoms. The van der Waals surface area contributed by atoms with E-state index in [1.807, 2.05) is 6.07 Å². The molecule has 0 aromatic carbocycles. The van der Waals surface area contributed by atoms with Crippen LogP contribution in [0.4, 0.5) is 0 Å². The van der Waals surface area contributed by atoms with E-state index in [0.29, 0.717) is 5.46 Å². The summed E-state index contributed by atoms with van der Waals surface area (Å²) in [6.45, 7) is 0. The zero-order chi connectivity index (χ0) is 10.7. The molecule has 3 nitrogen and oxygen atoms in total. The summed E-state index contributed by atoms with van der Waals surface area (Å²) in [4.78, 5) is 4.24. The quantitative estimate of drug-likeness (QED) is 0.696. The molecule has 1 aromatic rings. The van der Waals surface area contributed by atoms with Crippen molar-refractivity contribution < 1.29 is 10.0 Å². The minimum Gasteiger partial charge on any atom is -0.423 e. The van der Waals surface area contributed by atoms with Crippen molar-refractivity contribution in [1.29, 1.82) is 0 Å². The molecule has 0 fully saturated rings. The van der Waals surface area contributed by atoms with Crippen LogP contribution < -0.4 is 5.46 Å². The van der Waals surface area contributed by atoms with E-state index < -0.39 is 7.12 Å². The van der Waals surface area contributed by atoms with Crippen LogP contribution in [0.3, 0.4) is 0 Å². The van der Waals surface area contributed by atoms with Gasteiger partial charge in [-0.05, 0) is 37.3 Å². The second kappa shape index (κ2) is 4.60. The summed E-state index contributed by atoms with van der Waals surface area (Å²) < 4.78 is 0. The van der Waals surface area contributed by atoms with Crippen LogP contribution in [0.1, 0.15) is 31.4 Å². The topological polar surface area (TPSA) is 53.4 Å². The highest BCUT2D eigenvalue weighted by Crippen LogP contribution is 2.24. The molecule has 2 N–H and O–H groups in total. The van der Waals surface area contributed by atoms with E-state index in [1.54, 1.807) is 6.07 Å². The van der Waals surface area contributed by atoms with E-state index in [2.05, 4.69) is 11.1 Å². The zero-order valence-electron chi connectivity index (χ0n) is 8.56. The molecular formula is C11H14BNO2. The summed E-state index contributed by atoms with van der Waals surface area (Å²) in [5.74, 6) is 0. The molecule has 0 saturated heterocycles. The summed E-state index contributed by atoms with van der Waals surface area (Å²) in [6.07, 6.45) is 8.43.